The van der Waals surface area contributed by atoms with Crippen molar-refractivity contribution in [1.82, 2.24) is 0 Å². The first-order valence-corrected chi connectivity index (χ1v) is 5.66. The molecular weight excluding hydrogens is 315 g/mol. The number of methoxy groups -OCH3 is 2. The van der Waals surface area contributed by atoms with E-state index >= 15 is 0 Å². The molecule has 0 aliphatic carbocycles. The number of phenols is 1. The van der Waals surface area contributed by atoms with E-state index in [0.717, 1.165) is 0 Å². The maximum absolute atomic E-state index is 12.4. The molecule has 1 aromatic carbocycles. The molecule has 0 amide bonds. The van der Waals surface area contributed by atoms with E-state index in [1.807, 2.05) is 0 Å². The SMILES string of the molecule is COc1cc([C@H](O)C[C@H](N)C(F)(F)F)cc(OC)c1O.Cl. The van der Waals surface area contributed by atoms with Gasteiger partial charge in [-0.05, 0) is 17.7 Å². The standard InChI is InChI=1S/C12H16F3NO4.ClH/c1-19-8-3-6(4-9(20-2)11(8)18)7(17)5-10(16)12(13,14)15;/h3-4,7,10,17-18H,5,16H2,1-2H3;1H/t7-,10+;/m1./s1. The van der Waals surface area contributed by atoms with Crippen LogP contribution in [0.5, 0.6) is 17.2 Å². The molecule has 9 heteroatoms. The predicted octanol–water partition coefficient (Wildman–Crippen LogP) is 2.14. The largest absolute Gasteiger partial charge is 0.502 e. The number of ether oxygens (including phenoxy) is 2. The van der Waals surface area contributed by atoms with Crippen molar-refractivity contribution in [3.8, 4) is 17.2 Å². The molecular formula is C12H17ClF3NO4. The van der Waals surface area contributed by atoms with Crippen LogP contribution >= 0.6 is 12.4 Å². The summed E-state index contributed by atoms with van der Waals surface area (Å²) < 4.78 is 46.8. The Hall–Kier alpha value is -1.38. The number of aliphatic hydroxyl groups excluding tert-OH is 1. The van der Waals surface area contributed by atoms with Gasteiger partial charge in [0.15, 0.2) is 11.5 Å². The normalized spacial score (nSPS) is 14.0. The minimum atomic E-state index is -4.59. The fourth-order valence-corrected chi connectivity index (χ4v) is 1.62. The Balaban J connectivity index is 0.00000400. The number of benzene rings is 1. The van der Waals surface area contributed by atoms with Crippen LogP contribution < -0.4 is 15.2 Å². The molecule has 0 heterocycles. The molecule has 0 fully saturated rings. The molecule has 0 aliphatic heterocycles. The molecule has 0 aliphatic rings. The maximum atomic E-state index is 12.4. The molecule has 0 unspecified atom stereocenters. The summed E-state index contributed by atoms with van der Waals surface area (Å²) in [5.74, 6) is -0.330. The first-order chi connectivity index (χ1) is 9.20. The zero-order chi connectivity index (χ0) is 15.5. The first kappa shape index (κ1) is 19.6. The van der Waals surface area contributed by atoms with Gasteiger partial charge in [0.25, 0.3) is 0 Å². The highest BCUT2D eigenvalue weighted by Gasteiger charge is 2.38. The molecule has 1 aromatic rings. The van der Waals surface area contributed by atoms with Crippen LogP contribution in [0, 0.1) is 0 Å². The molecule has 4 N–H and O–H groups in total. The van der Waals surface area contributed by atoms with Gasteiger partial charge in [-0.15, -0.1) is 12.4 Å². The second kappa shape index (κ2) is 7.58. The lowest BCUT2D eigenvalue weighted by Crippen LogP contribution is -2.38. The summed E-state index contributed by atoms with van der Waals surface area (Å²) in [6.07, 6.45) is -6.76. The van der Waals surface area contributed by atoms with E-state index in [0.29, 0.717) is 0 Å². The number of hydrogen-bond acceptors (Lipinski definition) is 5. The van der Waals surface area contributed by atoms with Crippen LogP contribution in [0.2, 0.25) is 0 Å². The number of rotatable bonds is 5. The van der Waals surface area contributed by atoms with Crippen molar-refractivity contribution in [2.75, 3.05) is 14.2 Å². The first-order valence-electron chi connectivity index (χ1n) is 5.66. The Kier molecular flexibility index (Phi) is 7.08. The summed E-state index contributed by atoms with van der Waals surface area (Å²) in [7, 11) is 2.54. The van der Waals surface area contributed by atoms with Crippen molar-refractivity contribution in [2.24, 2.45) is 5.73 Å². The zero-order valence-electron chi connectivity index (χ0n) is 11.3. The van der Waals surface area contributed by atoms with E-state index in [-0.39, 0.29) is 35.2 Å². The Morgan fingerprint density at radius 1 is 1.19 bits per heavy atom. The van der Waals surface area contributed by atoms with Gasteiger partial charge in [0.1, 0.15) is 6.04 Å². The summed E-state index contributed by atoms with van der Waals surface area (Å²) >= 11 is 0. The van der Waals surface area contributed by atoms with Crippen LogP contribution in [0.25, 0.3) is 0 Å². The van der Waals surface area contributed by atoms with Crippen LogP contribution in [0.1, 0.15) is 18.1 Å². The smallest absolute Gasteiger partial charge is 0.403 e. The third kappa shape index (κ3) is 4.83. The summed E-state index contributed by atoms with van der Waals surface area (Å²) in [5.41, 5.74) is 5.07. The van der Waals surface area contributed by atoms with Gasteiger partial charge in [-0.1, -0.05) is 0 Å². The van der Waals surface area contributed by atoms with Crippen molar-refractivity contribution in [2.45, 2.75) is 24.7 Å². The van der Waals surface area contributed by atoms with Gasteiger partial charge in [-0.25, -0.2) is 0 Å². The van der Waals surface area contributed by atoms with Gasteiger partial charge in [-0.2, -0.15) is 13.2 Å². The van der Waals surface area contributed by atoms with Gasteiger partial charge in [0, 0.05) is 6.42 Å². The van der Waals surface area contributed by atoms with E-state index in [9.17, 15) is 23.4 Å². The predicted molar refractivity (Wildman–Crippen MR) is 72.1 cm³/mol. The van der Waals surface area contributed by atoms with E-state index in [2.05, 4.69) is 0 Å². The minimum Gasteiger partial charge on any atom is -0.502 e. The van der Waals surface area contributed by atoms with Gasteiger partial charge in [0.05, 0.1) is 20.3 Å². The van der Waals surface area contributed by atoms with Crippen molar-refractivity contribution in [1.29, 1.82) is 0 Å². The number of phenolic OH excluding ortho intramolecular Hbond substituents is 1. The summed E-state index contributed by atoms with van der Waals surface area (Å²) in [5, 5.41) is 19.5. The van der Waals surface area contributed by atoms with Crippen LogP contribution in [-0.4, -0.2) is 36.7 Å². The maximum Gasteiger partial charge on any atom is 0.403 e. The molecule has 0 aromatic heterocycles. The fraction of sp³-hybridized carbons (Fsp3) is 0.500. The lowest BCUT2D eigenvalue weighted by Gasteiger charge is -2.20. The van der Waals surface area contributed by atoms with Gasteiger partial charge in [-0.3, -0.25) is 0 Å². The second-order valence-electron chi connectivity index (χ2n) is 4.17. The van der Waals surface area contributed by atoms with E-state index in [4.69, 9.17) is 15.2 Å². The zero-order valence-corrected chi connectivity index (χ0v) is 12.2. The monoisotopic (exact) mass is 331 g/mol. The highest BCUT2D eigenvalue weighted by atomic mass is 35.5. The van der Waals surface area contributed by atoms with Crippen LogP contribution in [-0.2, 0) is 0 Å². The van der Waals surface area contributed by atoms with Crippen molar-refractivity contribution < 1.29 is 32.9 Å². The third-order valence-electron chi connectivity index (χ3n) is 2.78. The number of nitrogens with two attached hydrogens (primary N) is 1. The summed E-state index contributed by atoms with van der Waals surface area (Å²) in [6.45, 7) is 0. The summed E-state index contributed by atoms with van der Waals surface area (Å²) in [4.78, 5) is 0. The molecule has 0 saturated heterocycles. The molecule has 1 rings (SSSR count). The molecule has 0 spiro atoms. The number of aliphatic hydroxyl groups is 1. The Morgan fingerprint density at radius 2 is 1.62 bits per heavy atom. The van der Waals surface area contributed by atoms with Gasteiger partial charge < -0.3 is 25.4 Å². The van der Waals surface area contributed by atoms with Crippen LogP contribution in [0.3, 0.4) is 0 Å². The highest BCUT2D eigenvalue weighted by Crippen LogP contribution is 2.39. The van der Waals surface area contributed by atoms with E-state index in [1.54, 1.807) is 0 Å². The van der Waals surface area contributed by atoms with E-state index < -0.39 is 24.7 Å². The average molecular weight is 332 g/mol. The molecule has 0 saturated carbocycles. The van der Waals surface area contributed by atoms with E-state index in [1.165, 1.54) is 26.4 Å². The lowest BCUT2D eigenvalue weighted by atomic mass is 10.0. The van der Waals surface area contributed by atoms with Gasteiger partial charge >= 0.3 is 6.18 Å². The number of aromatic hydroxyl groups is 1. The quantitative estimate of drug-likeness (QED) is 0.770. The Bertz CT molecular complexity index is 445. The number of halogens is 4. The summed E-state index contributed by atoms with van der Waals surface area (Å²) in [6, 6.07) is 0.306. The Morgan fingerprint density at radius 3 is 1.95 bits per heavy atom. The molecule has 5 nitrogen and oxygen atoms in total. The second-order valence-corrected chi connectivity index (χ2v) is 4.17. The van der Waals surface area contributed by atoms with Crippen molar-refractivity contribution >= 4 is 12.4 Å². The van der Waals surface area contributed by atoms with Crippen LogP contribution in [0.15, 0.2) is 12.1 Å². The lowest BCUT2D eigenvalue weighted by molar-refractivity contribution is -0.153. The third-order valence-corrected chi connectivity index (χ3v) is 2.78. The molecule has 2 atom stereocenters. The average Bonchev–Trinajstić information content (AvgIpc) is 2.37. The highest BCUT2D eigenvalue weighted by molar-refractivity contribution is 5.85. The minimum absolute atomic E-state index is 0. The van der Waals surface area contributed by atoms with Crippen molar-refractivity contribution in [3.63, 3.8) is 0 Å². The van der Waals surface area contributed by atoms with Crippen LogP contribution in [0.4, 0.5) is 13.2 Å². The number of hydrogen-bond donors (Lipinski definition) is 3. The number of alkyl halides is 3. The molecule has 122 valence electrons. The van der Waals surface area contributed by atoms with Gasteiger partial charge in [0.2, 0.25) is 5.75 Å². The molecule has 21 heavy (non-hydrogen) atoms. The molecule has 0 bridgehead atoms. The van der Waals surface area contributed by atoms with Crippen molar-refractivity contribution in [3.05, 3.63) is 17.7 Å². The Labute approximate surface area is 125 Å². The topological polar surface area (TPSA) is 84.9 Å². The molecule has 0 radical (unpaired) electrons. The fourth-order valence-electron chi connectivity index (χ4n) is 1.62.